The molecule has 0 atom stereocenters. The number of anilines is 1. The number of hydrogen-bond donors (Lipinski definition) is 1. The van der Waals surface area contributed by atoms with Crippen LogP contribution in [0.1, 0.15) is 11.3 Å². The van der Waals surface area contributed by atoms with Crippen LogP contribution in [0, 0.1) is 5.82 Å². The van der Waals surface area contributed by atoms with E-state index in [9.17, 15) is 4.39 Å². The summed E-state index contributed by atoms with van der Waals surface area (Å²) in [5, 5.41) is 0. The molecule has 1 aromatic heterocycles. The minimum atomic E-state index is -0.187. The van der Waals surface area contributed by atoms with E-state index in [1.807, 2.05) is 24.4 Å². The molecule has 29 heavy (non-hydrogen) atoms. The predicted octanol–water partition coefficient (Wildman–Crippen LogP) is 4.05. The van der Waals surface area contributed by atoms with Crippen LogP contribution in [0.25, 0.3) is 11.4 Å². The normalized spacial score (nSPS) is 16.2. The van der Waals surface area contributed by atoms with Gasteiger partial charge in [-0.25, -0.2) is 9.37 Å². The summed E-state index contributed by atoms with van der Waals surface area (Å²) in [7, 11) is 0. The summed E-state index contributed by atoms with van der Waals surface area (Å²) >= 11 is 0. The molecule has 5 rings (SSSR count). The monoisotopic (exact) mass is 458 g/mol. The Hall–Kier alpha value is -2.38. The van der Waals surface area contributed by atoms with Crippen LogP contribution in [0.5, 0.6) is 5.75 Å². The summed E-state index contributed by atoms with van der Waals surface area (Å²) in [4.78, 5) is 12.8. The van der Waals surface area contributed by atoms with Gasteiger partial charge in [0.25, 0.3) is 0 Å². The minimum Gasteiger partial charge on any atom is -0.493 e. The molecule has 0 saturated carbocycles. The lowest BCUT2D eigenvalue weighted by atomic mass is 10.1. The molecular formula is C22H24BrFN4O. The number of aromatic nitrogens is 2. The molecule has 2 aromatic carbocycles. The second-order valence-electron chi connectivity index (χ2n) is 7.42. The fraction of sp³-hybridized carbons (Fsp3) is 0.318. The van der Waals surface area contributed by atoms with Gasteiger partial charge in [0.2, 0.25) is 0 Å². The number of imidazole rings is 1. The van der Waals surface area contributed by atoms with Crippen LogP contribution in [0.3, 0.4) is 0 Å². The van der Waals surface area contributed by atoms with Gasteiger partial charge in [-0.3, -0.25) is 4.90 Å². The van der Waals surface area contributed by atoms with Gasteiger partial charge in [0, 0.05) is 62.3 Å². The summed E-state index contributed by atoms with van der Waals surface area (Å²) in [5.74, 6) is 1.72. The number of hydrogen-bond acceptors (Lipinski definition) is 4. The molecule has 3 aromatic rings. The van der Waals surface area contributed by atoms with Gasteiger partial charge in [-0.1, -0.05) is 0 Å². The second kappa shape index (κ2) is 8.55. The Balaban J connectivity index is 0.00000205. The molecule has 5 nitrogen and oxygen atoms in total. The number of rotatable bonds is 4. The maximum Gasteiger partial charge on any atom is 0.137 e. The van der Waals surface area contributed by atoms with E-state index in [1.165, 1.54) is 17.7 Å². The van der Waals surface area contributed by atoms with E-state index in [2.05, 4.69) is 31.9 Å². The number of H-pyrrole nitrogens is 1. The Bertz CT molecular complexity index is 967. The average molecular weight is 459 g/mol. The zero-order valence-electron chi connectivity index (χ0n) is 16.1. The number of nitrogens with one attached hydrogen (secondary N) is 1. The molecule has 0 amide bonds. The van der Waals surface area contributed by atoms with Crippen molar-refractivity contribution in [2.75, 3.05) is 37.7 Å². The van der Waals surface area contributed by atoms with E-state index in [0.717, 1.165) is 74.3 Å². The molecule has 152 valence electrons. The smallest absolute Gasteiger partial charge is 0.137 e. The molecule has 1 fully saturated rings. The third-order valence-electron chi connectivity index (χ3n) is 5.55. The molecule has 1 saturated heterocycles. The zero-order valence-corrected chi connectivity index (χ0v) is 17.8. The highest BCUT2D eigenvalue weighted by molar-refractivity contribution is 8.93. The number of aromatic amines is 1. The van der Waals surface area contributed by atoms with Crippen molar-refractivity contribution >= 4 is 22.7 Å². The van der Waals surface area contributed by atoms with E-state index in [0.29, 0.717) is 0 Å². The molecule has 0 bridgehead atoms. The quantitative estimate of drug-likeness (QED) is 0.640. The van der Waals surface area contributed by atoms with Gasteiger partial charge in [0.15, 0.2) is 0 Å². The molecule has 0 unspecified atom stereocenters. The summed E-state index contributed by atoms with van der Waals surface area (Å²) in [6.45, 7) is 5.46. The van der Waals surface area contributed by atoms with E-state index in [1.54, 1.807) is 0 Å². The van der Waals surface area contributed by atoms with Gasteiger partial charge in [-0.2, -0.15) is 0 Å². The molecule has 7 heteroatoms. The highest BCUT2D eigenvalue weighted by Crippen LogP contribution is 2.29. The van der Waals surface area contributed by atoms with E-state index in [-0.39, 0.29) is 22.8 Å². The van der Waals surface area contributed by atoms with Crippen LogP contribution in [0.4, 0.5) is 10.1 Å². The summed E-state index contributed by atoms with van der Waals surface area (Å²) < 4.78 is 18.7. The topological polar surface area (TPSA) is 44.4 Å². The second-order valence-corrected chi connectivity index (χ2v) is 7.42. The Labute approximate surface area is 180 Å². The number of nitrogens with zero attached hydrogens (tertiary/aromatic N) is 3. The highest BCUT2D eigenvalue weighted by Gasteiger charge is 2.19. The van der Waals surface area contributed by atoms with Crippen molar-refractivity contribution in [3.63, 3.8) is 0 Å². The molecule has 3 heterocycles. The first kappa shape index (κ1) is 19.9. The van der Waals surface area contributed by atoms with Crippen molar-refractivity contribution in [1.29, 1.82) is 0 Å². The molecule has 1 N–H and O–H groups in total. The fourth-order valence-electron chi connectivity index (χ4n) is 3.98. The van der Waals surface area contributed by atoms with E-state index < -0.39 is 0 Å². The van der Waals surface area contributed by atoms with E-state index >= 15 is 0 Å². The van der Waals surface area contributed by atoms with Crippen LogP contribution in [-0.4, -0.2) is 47.7 Å². The Morgan fingerprint density at radius 3 is 2.62 bits per heavy atom. The van der Waals surface area contributed by atoms with Crippen molar-refractivity contribution < 1.29 is 9.13 Å². The minimum absolute atomic E-state index is 0. The van der Waals surface area contributed by atoms with Gasteiger partial charge >= 0.3 is 0 Å². The Kier molecular flexibility index (Phi) is 5.87. The standard InChI is InChI=1S/C22H23FN4O.BrH/c23-18-2-4-20(5-3-18)27-10-8-26(9-11-27)15-19-14-24-22(25-19)17-1-6-21-16(13-17)7-12-28-21;/h1-6,13-14H,7-12,15H2,(H,24,25);1H. The van der Waals surface area contributed by atoms with Crippen molar-refractivity contribution in [1.82, 2.24) is 14.9 Å². The summed E-state index contributed by atoms with van der Waals surface area (Å²) in [6.07, 6.45) is 2.90. The molecule has 0 aliphatic carbocycles. The largest absolute Gasteiger partial charge is 0.493 e. The molecule has 2 aliphatic rings. The van der Waals surface area contributed by atoms with Gasteiger partial charge in [0.05, 0.1) is 6.61 Å². The number of ether oxygens (including phenoxy) is 1. The van der Waals surface area contributed by atoms with Crippen LogP contribution in [-0.2, 0) is 13.0 Å². The lowest BCUT2D eigenvalue weighted by Gasteiger charge is -2.35. The number of piperazine rings is 1. The third kappa shape index (κ3) is 4.31. The first-order valence-corrected chi connectivity index (χ1v) is 9.77. The van der Waals surface area contributed by atoms with Crippen LogP contribution in [0.15, 0.2) is 48.7 Å². The Morgan fingerprint density at radius 1 is 1.03 bits per heavy atom. The number of halogens is 2. The molecule has 2 aliphatic heterocycles. The SMILES string of the molecule is Br.Fc1ccc(N2CCN(Cc3cnc(-c4ccc5c(c4)CCO5)[nH]3)CC2)cc1. The van der Waals surface area contributed by atoms with Crippen LogP contribution >= 0.6 is 17.0 Å². The lowest BCUT2D eigenvalue weighted by Crippen LogP contribution is -2.46. The molecule has 0 radical (unpaired) electrons. The third-order valence-corrected chi connectivity index (χ3v) is 5.55. The maximum absolute atomic E-state index is 13.1. The van der Waals surface area contributed by atoms with Gasteiger partial charge in [0.1, 0.15) is 17.4 Å². The molecular weight excluding hydrogens is 435 g/mol. The summed E-state index contributed by atoms with van der Waals surface area (Å²) in [6, 6.07) is 13.0. The van der Waals surface area contributed by atoms with Crippen molar-refractivity contribution in [2.45, 2.75) is 13.0 Å². The number of fused-ring (bicyclic) bond motifs is 1. The lowest BCUT2D eigenvalue weighted by molar-refractivity contribution is 0.247. The van der Waals surface area contributed by atoms with Gasteiger partial charge in [-0.15, -0.1) is 17.0 Å². The van der Waals surface area contributed by atoms with Crippen molar-refractivity contribution in [2.24, 2.45) is 0 Å². The van der Waals surface area contributed by atoms with Crippen LogP contribution in [0.2, 0.25) is 0 Å². The summed E-state index contributed by atoms with van der Waals surface area (Å²) in [5.41, 5.74) is 4.58. The average Bonchev–Trinajstić information content (AvgIpc) is 3.38. The van der Waals surface area contributed by atoms with Crippen LogP contribution < -0.4 is 9.64 Å². The zero-order chi connectivity index (χ0) is 18.9. The molecule has 0 spiro atoms. The maximum atomic E-state index is 13.1. The first-order valence-electron chi connectivity index (χ1n) is 9.77. The predicted molar refractivity (Wildman–Crippen MR) is 117 cm³/mol. The van der Waals surface area contributed by atoms with Gasteiger partial charge in [-0.05, 0) is 48.0 Å². The highest BCUT2D eigenvalue weighted by atomic mass is 79.9. The fourth-order valence-corrected chi connectivity index (χ4v) is 3.98. The van der Waals surface area contributed by atoms with Crippen molar-refractivity contribution in [3.8, 4) is 17.1 Å². The number of benzene rings is 2. The van der Waals surface area contributed by atoms with Gasteiger partial charge < -0.3 is 14.6 Å². The first-order chi connectivity index (χ1) is 13.7. The Morgan fingerprint density at radius 2 is 1.83 bits per heavy atom. The van der Waals surface area contributed by atoms with E-state index in [4.69, 9.17) is 4.74 Å². The van der Waals surface area contributed by atoms with Crippen molar-refractivity contribution in [3.05, 3.63) is 65.7 Å².